The smallest absolute Gasteiger partial charge is 0.250 e. The van der Waals surface area contributed by atoms with Crippen molar-refractivity contribution < 1.29 is 9.59 Å². The second-order valence-electron chi connectivity index (χ2n) is 4.63. The number of aryl methyl sites for hydroxylation is 2. The SMILES string of the molecule is CC(N)=O.NC(=O)c1cn2c3c(cccc13)CCC2. The number of rotatable bonds is 1. The molecule has 5 heteroatoms. The van der Waals surface area contributed by atoms with E-state index in [1.54, 1.807) is 0 Å². The summed E-state index contributed by atoms with van der Waals surface area (Å²) in [6.07, 6.45) is 4.12. The van der Waals surface area contributed by atoms with E-state index in [2.05, 4.69) is 16.4 Å². The number of aromatic nitrogens is 1. The van der Waals surface area contributed by atoms with Gasteiger partial charge < -0.3 is 16.0 Å². The molecule has 0 fully saturated rings. The van der Waals surface area contributed by atoms with Crippen LogP contribution in [0.3, 0.4) is 0 Å². The molecular formula is C14H17N3O2. The normalized spacial score (nSPS) is 12.7. The van der Waals surface area contributed by atoms with E-state index in [0.29, 0.717) is 5.56 Å². The summed E-state index contributed by atoms with van der Waals surface area (Å²) in [5.41, 5.74) is 13.0. The van der Waals surface area contributed by atoms with E-state index in [-0.39, 0.29) is 11.8 Å². The summed E-state index contributed by atoms with van der Waals surface area (Å²) in [6.45, 7) is 2.29. The van der Waals surface area contributed by atoms with E-state index in [1.807, 2.05) is 18.3 Å². The monoisotopic (exact) mass is 259 g/mol. The van der Waals surface area contributed by atoms with Gasteiger partial charge in [-0.3, -0.25) is 9.59 Å². The zero-order valence-electron chi connectivity index (χ0n) is 10.8. The van der Waals surface area contributed by atoms with Crippen LogP contribution < -0.4 is 11.5 Å². The van der Waals surface area contributed by atoms with Crippen LogP contribution in [-0.4, -0.2) is 16.4 Å². The quantitative estimate of drug-likeness (QED) is 0.805. The van der Waals surface area contributed by atoms with Gasteiger partial charge in [0.05, 0.1) is 11.1 Å². The Bertz CT molecular complexity index is 639. The van der Waals surface area contributed by atoms with Gasteiger partial charge in [-0.2, -0.15) is 0 Å². The number of carbonyl (C=O) groups excluding carboxylic acids is 2. The van der Waals surface area contributed by atoms with E-state index in [4.69, 9.17) is 5.73 Å². The fourth-order valence-corrected chi connectivity index (χ4v) is 2.45. The van der Waals surface area contributed by atoms with E-state index in [1.165, 1.54) is 18.0 Å². The Hall–Kier alpha value is -2.30. The highest BCUT2D eigenvalue weighted by Crippen LogP contribution is 2.28. The summed E-state index contributed by atoms with van der Waals surface area (Å²) >= 11 is 0. The lowest BCUT2D eigenvalue weighted by molar-refractivity contribution is -0.115. The molecule has 1 aromatic carbocycles. The fraction of sp³-hybridized carbons (Fsp3) is 0.286. The Morgan fingerprint density at radius 3 is 2.58 bits per heavy atom. The summed E-state index contributed by atoms with van der Waals surface area (Å²) in [5.74, 6) is -0.669. The van der Waals surface area contributed by atoms with Crippen LogP contribution in [0.4, 0.5) is 0 Å². The molecule has 0 unspecified atom stereocenters. The molecule has 0 spiro atoms. The van der Waals surface area contributed by atoms with E-state index in [9.17, 15) is 9.59 Å². The minimum absolute atomic E-state index is 0.333. The van der Waals surface area contributed by atoms with Gasteiger partial charge >= 0.3 is 0 Å². The number of para-hydroxylation sites is 1. The summed E-state index contributed by atoms with van der Waals surface area (Å²) < 4.78 is 2.15. The Balaban J connectivity index is 0.000000297. The summed E-state index contributed by atoms with van der Waals surface area (Å²) in [5, 5.41) is 1.000. The van der Waals surface area contributed by atoms with Crippen molar-refractivity contribution in [1.82, 2.24) is 4.57 Å². The third-order valence-electron chi connectivity index (χ3n) is 3.09. The van der Waals surface area contributed by atoms with E-state index >= 15 is 0 Å². The van der Waals surface area contributed by atoms with Gasteiger partial charge in [0, 0.05) is 25.1 Å². The molecule has 2 heterocycles. The predicted octanol–water partition coefficient (Wildman–Crippen LogP) is 1.18. The van der Waals surface area contributed by atoms with Gasteiger partial charge in [-0.1, -0.05) is 18.2 Å². The van der Waals surface area contributed by atoms with Crippen molar-refractivity contribution >= 4 is 22.7 Å². The molecule has 3 rings (SSSR count). The van der Waals surface area contributed by atoms with Crippen LogP contribution >= 0.6 is 0 Å². The highest BCUT2D eigenvalue weighted by atomic mass is 16.1. The molecular weight excluding hydrogens is 242 g/mol. The van der Waals surface area contributed by atoms with Gasteiger partial charge in [-0.25, -0.2) is 0 Å². The first-order chi connectivity index (χ1) is 9.00. The largest absolute Gasteiger partial charge is 0.370 e. The zero-order valence-corrected chi connectivity index (χ0v) is 10.8. The molecule has 0 saturated heterocycles. The highest BCUT2D eigenvalue weighted by Gasteiger charge is 2.17. The molecule has 1 aromatic heterocycles. The van der Waals surface area contributed by atoms with Crippen molar-refractivity contribution in [2.45, 2.75) is 26.3 Å². The molecule has 5 nitrogen and oxygen atoms in total. The molecule has 100 valence electrons. The van der Waals surface area contributed by atoms with Gasteiger partial charge in [0.2, 0.25) is 5.91 Å². The van der Waals surface area contributed by atoms with Crippen molar-refractivity contribution in [1.29, 1.82) is 0 Å². The summed E-state index contributed by atoms with van der Waals surface area (Å²) in [6, 6.07) is 6.10. The third-order valence-corrected chi connectivity index (χ3v) is 3.09. The lowest BCUT2D eigenvalue weighted by Gasteiger charge is -2.14. The minimum Gasteiger partial charge on any atom is -0.370 e. The Morgan fingerprint density at radius 1 is 1.26 bits per heavy atom. The number of hydrogen-bond donors (Lipinski definition) is 2. The zero-order chi connectivity index (χ0) is 14.0. The molecule has 2 aromatic rings. The molecule has 0 saturated carbocycles. The standard InChI is InChI=1S/C12H12N2O.C2H5NO/c13-12(15)10-7-14-6-2-4-8-3-1-5-9(10)11(8)14;1-2(3)4/h1,3,5,7H,2,4,6H2,(H2,13,15);1H3,(H2,3,4). The molecule has 19 heavy (non-hydrogen) atoms. The van der Waals surface area contributed by atoms with Gasteiger partial charge in [-0.05, 0) is 18.4 Å². The van der Waals surface area contributed by atoms with Crippen LogP contribution in [0.5, 0.6) is 0 Å². The van der Waals surface area contributed by atoms with Crippen molar-refractivity contribution in [3.63, 3.8) is 0 Å². The Labute approximate surface area is 111 Å². The fourth-order valence-electron chi connectivity index (χ4n) is 2.45. The average molecular weight is 259 g/mol. The van der Waals surface area contributed by atoms with Crippen molar-refractivity contribution in [3.8, 4) is 0 Å². The molecule has 0 aliphatic carbocycles. The van der Waals surface area contributed by atoms with E-state index < -0.39 is 0 Å². The first-order valence-corrected chi connectivity index (χ1v) is 6.17. The number of primary amides is 2. The van der Waals surface area contributed by atoms with Crippen LogP contribution in [0, 0.1) is 0 Å². The molecule has 2 amide bonds. The predicted molar refractivity (Wildman–Crippen MR) is 73.6 cm³/mol. The molecule has 4 N–H and O–H groups in total. The second-order valence-corrected chi connectivity index (χ2v) is 4.63. The molecule has 1 aliphatic heterocycles. The number of nitrogens with two attached hydrogens (primary N) is 2. The van der Waals surface area contributed by atoms with Gasteiger partial charge in [0.1, 0.15) is 0 Å². The number of carbonyl (C=O) groups is 2. The first-order valence-electron chi connectivity index (χ1n) is 6.17. The topological polar surface area (TPSA) is 91.1 Å². The van der Waals surface area contributed by atoms with Crippen LogP contribution in [0.2, 0.25) is 0 Å². The Morgan fingerprint density at radius 2 is 1.95 bits per heavy atom. The highest BCUT2D eigenvalue weighted by molar-refractivity contribution is 6.07. The molecule has 0 bridgehead atoms. The third kappa shape index (κ3) is 2.59. The molecule has 1 aliphatic rings. The van der Waals surface area contributed by atoms with Gasteiger partial charge in [0.25, 0.3) is 5.91 Å². The van der Waals surface area contributed by atoms with Crippen molar-refractivity contribution in [3.05, 3.63) is 35.5 Å². The second kappa shape index (κ2) is 5.14. The van der Waals surface area contributed by atoms with Gasteiger partial charge in [0.15, 0.2) is 0 Å². The lowest BCUT2D eigenvalue weighted by atomic mass is 10.0. The average Bonchev–Trinajstić information content (AvgIpc) is 2.71. The number of amides is 2. The minimum atomic E-state index is -0.335. The van der Waals surface area contributed by atoms with Crippen LogP contribution in [0.1, 0.15) is 29.3 Å². The summed E-state index contributed by atoms with van der Waals surface area (Å²) in [7, 11) is 0. The maximum atomic E-state index is 11.3. The van der Waals surface area contributed by atoms with Gasteiger partial charge in [-0.15, -0.1) is 0 Å². The lowest BCUT2D eigenvalue weighted by Crippen LogP contribution is -2.10. The van der Waals surface area contributed by atoms with Crippen molar-refractivity contribution in [2.24, 2.45) is 11.5 Å². The van der Waals surface area contributed by atoms with E-state index in [0.717, 1.165) is 24.8 Å². The van der Waals surface area contributed by atoms with Crippen molar-refractivity contribution in [2.75, 3.05) is 0 Å². The maximum absolute atomic E-state index is 11.3. The first kappa shape index (κ1) is 13.1. The van der Waals surface area contributed by atoms with Crippen LogP contribution in [-0.2, 0) is 17.8 Å². The summed E-state index contributed by atoms with van der Waals surface area (Å²) in [4.78, 5) is 20.5. The Kier molecular flexibility index (Phi) is 3.55. The number of nitrogens with zero attached hydrogens (tertiary/aromatic N) is 1. The van der Waals surface area contributed by atoms with Crippen LogP contribution in [0.25, 0.3) is 10.9 Å². The van der Waals surface area contributed by atoms with Crippen LogP contribution in [0.15, 0.2) is 24.4 Å². The number of benzene rings is 1. The molecule has 0 radical (unpaired) electrons. The maximum Gasteiger partial charge on any atom is 0.250 e. The number of hydrogen-bond acceptors (Lipinski definition) is 2. The molecule has 0 atom stereocenters.